The van der Waals surface area contributed by atoms with E-state index < -0.39 is 8.07 Å². The van der Waals surface area contributed by atoms with E-state index >= 15 is 0 Å². The Morgan fingerprint density at radius 1 is 0.600 bits per heavy atom. The molecule has 0 N–H and O–H groups in total. The summed E-state index contributed by atoms with van der Waals surface area (Å²) < 4.78 is 5.18. The lowest BCUT2D eigenvalue weighted by atomic mass is 10.2. The van der Waals surface area contributed by atoms with Crippen LogP contribution < -0.4 is 20.7 Å². The number of ether oxygens (including phenoxy) is 1. The molecule has 0 bridgehead atoms. The Morgan fingerprint density at radius 3 is 1.33 bits per heavy atom. The van der Waals surface area contributed by atoms with Crippen LogP contribution in [0.2, 0.25) is 0 Å². The Hall–Kier alpha value is -3.43. The summed E-state index contributed by atoms with van der Waals surface area (Å²) in [5.41, 5.74) is 0.581. The first-order chi connectivity index (χ1) is 14.8. The Morgan fingerprint density at radius 2 is 0.967 bits per heavy atom. The maximum Gasteiger partial charge on any atom is 0.338 e. The molecule has 0 saturated carbocycles. The maximum atomic E-state index is 12.2. The van der Waals surface area contributed by atoms with Crippen molar-refractivity contribution in [3.63, 3.8) is 0 Å². The van der Waals surface area contributed by atoms with Crippen molar-refractivity contribution in [3.05, 3.63) is 121 Å². The van der Waals surface area contributed by atoms with E-state index in [0.717, 1.165) is 0 Å². The number of carbonyl (C=O) groups is 1. The number of hydrogen-bond acceptors (Lipinski definition) is 2. The number of esters is 1. The van der Waals surface area contributed by atoms with Crippen LogP contribution in [0.15, 0.2) is 115 Å². The summed E-state index contributed by atoms with van der Waals surface area (Å²) in [5, 5.41) is 5.17. The fourth-order valence-electron chi connectivity index (χ4n) is 4.14. The van der Waals surface area contributed by atoms with Crippen LogP contribution in [-0.4, -0.2) is 20.7 Å². The molecule has 0 amide bonds. The van der Waals surface area contributed by atoms with Gasteiger partial charge in [-0.1, -0.05) is 103 Å². The van der Waals surface area contributed by atoms with Crippen molar-refractivity contribution in [2.75, 3.05) is 6.61 Å². The number of hydrogen-bond donors (Lipinski definition) is 0. The second kappa shape index (κ2) is 8.93. The highest BCUT2D eigenvalue weighted by molar-refractivity contribution is 7.19. The number of rotatable bonds is 6. The Kier molecular flexibility index (Phi) is 5.91. The minimum Gasteiger partial charge on any atom is -0.462 e. The van der Waals surface area contributed by atoms with Crippen LogP contribution in [0.5, 0.6) is 0 Å². The van der Waals surface area contributed by atoms with Gasteiger partial charge in [0.25, 0.3) is 0 Å². The summed E-state index contributed by atoms with van der Waals surface area (Å²) in [6, 6.07) is 40.2. The second-order valence-corrected chi connectivity index (χ2v) is 11.0. The van der Waals surface area contributed by atoms with Crippen LogP contribution in [0, 0.1) is 0 Å². The molecule has 0 spiro atoms. The molecule has 0 heterocycles. The SMILES string of the molecule is CCOC(=O)c1ccc([Si](c2ccccc2)(c2ccccc2)c2ccccc2)cc1. The molecular weight excluding hydrogens is 384 g/mol. The lowest BCUT2D eigenvalue weighted by Gasteiger charge is -2.34. The molecule has 2 nitrogen and oxygen atoms in total. The predicted molar refractivity (Wildman–Crippen MR) is 126 cm³/mol. The van der Waals surface area contributed by atoms with Crippen molar-refractivity contribution in [1.29, 1.82) is 0 Å². The minimum absolute atomic E-state index is 0.282. The lowest BCUT2D eigenvalue weighted by Crippen LogP contribution is -2.74. The second-order valence-electron chi connectivity index (χ2n) is 7.15. The number of benzene rings is 4. The largest absolute Gasteiger partial charge is 0.462 e. The third kappa shape index (κ3) is 3.60. The highest BCUT2D eigenvalue weighted by Gasteiger charge is 2.41. The van der Waals surface area contributed by atoms with Gasteiger partial charge in [0.15, 0.2) is 8.07 Å². The van der Waals surface area contributed by atoms with Gasteiger partial charge in [-0.05, 0) is 39.8 Å². The molecule has 0 aromatic heterocycles. The van der Waals surface area contributed by atoms with Crippen LogP contribution >= 0.6 is 0 Å². The zero-order valence-corrected chi connectivity index (χ0v) is 18.0. The van der Waals surface area contributed by atoms with Crippen LogP contribution in [0.3, 0.4) is 0 Å². The first kappa shape index (κ1) is 19.9. The molecule has 0 aliphatic heterocycles. The highest BCUT2D eigenvalue weighted by atomic mass is 28.3. The topological polar surface area (TPSA) is 26.3 Å². The van der Waals surface area contributed by atoms with Gasteiger partial charge in [-0.25, -0.2) is 4.79 Å². The van der Waals surface area contributed by atoms with E-state index in [1.807, 2.05) is 19.1 Å². The van der Waals surface area contributed by atoms with E-state index in [9.17, 15) is 4.79 Å². The summed E-state index contributed by atoms with van der Waals surface area (Å²) in [6.07, 6.45) is 0. The van der Waals surface area contributed by atoms with E-state index in [0.29, 0.717) is 12.2 Å². The van der Waals surface area contributed by atoms with E-state index in [1.54, 1.807) is 0 Å². The molecule has 0 aliphatic carbocycles. The van der Waals surface area contributed by atoms with Crippen molar-refractivity contribution in [2.45, 2.75) is 6.92 Å². The van der Waals surface area contributed by atoms with Crippen LogP contribution in [0.25, 0.3) is 0 Å². The zero-order valence-electron chi connectivity index (χ0n) is 17.0. The van der Waals surface area contributed by atoms with Crippen LogP contribution in [0.4, 0.5) is 0 Å². The van der Waals surface area contributed by atoms with Crippen molar-refractivity contribution < 1.29 is 9.53 Å². The van der Waals surface area contributed by atoms with Gasteiger partial charge >= 0.3 is 5.97 Å². The van der Waals surface area contributed by atoms with E-state index in [1.165, 1.54) is 20.7 Å². The fourth-order valence-corrected chi connectivity index (χ4v) is 8.88. The first-order valence-corrected chi connectivity index (χ1v) is 12.2. The molecule has 148 valence electrons. The Labute approximate surface area is 178 Å². The molecule has 4 aromatic carbocycles. The van der Waals surface area contributed by atoms with Gasteiger partial charge in [0.05, 0.1) is 12.2 Å². The monoisotopic (exact) mass is 408 g/mol. The van der Waals surface area contributed by atoms with Gasteiger partial charge in [0.1, 0.15) is 0 Å². The molecule has 0 radical (unpaired) electrons. The Balaban J connectivity index is 1.99. The number of carbonyl (C=O) groups excluding carboxylic acids is 1. The van der Waals surface area contributed by atoms with Crippen LogP contribution in [0.1, 0.15) is 17.3 Å². The van der Waals surface area contributed by atoms with Gasteiger partial charge in [-0.15, -0.1) is 0 Å². The molecule has 0 saturated heterocycles. The maximum absolute atomic E-state index is 12.2. The summed E-state index contributed by atoms with van der Waals surface area (Å²) in [6.45, 7) is 2.20. The lowest BCUT2D eigenvalue weighted by molar-refractivity contribution is 0.0526. The van der Waals surface area contributed by atoms with Crippen molar-refractivity contribution in [3.8, 4) is 0 Å². The zero-order chi connectivity index (χ0) is 20.8. The molecule has 4 aromatic rings. The third-order valence-electron chi connectivity index (χ3n) is 5.45. The highest BCUT2D eigenvalue weighted by Crippen LogP contribution is 2.11. The van der Waals surface area contributed by atoms with Gasteiger partial charge in [0.2, 0.25) is 0 Å². The summed E-state index contributed by atoms with van der Waals surface area (Å²) in [5.74, 6) is -0.282. The smallest absolute Gasteiger partial charge is 0.338 e. The third-order valence-corrected chi connectivity index (χ3v) is 10.2. The van der Waals surface area contributed by atoms with Gasteiger partial charge in [0, 0.05) is 0 Å². The first-order valence-electron chi connectivity index (χ1n) is 10.2. The van der Waals surface area contributed by atoms with E-state index in [2.05, 4.69) is 103 Å². The fraction of sp³-hybridized carbons (Fsp3) is 0.0741. The molecule has 0 fully saturated rings. The van der Waals surface area contributed by atoms with Crippen LogP contribution in [-0.2, 0) is 4.74 Å². The van der Waals surface area contributed by atoms with E-state index in [4.69, 9.17) is 4.74 Å². The van der Waals surface area contributed by atoms with Crippen molar-refractivity contribution >= 4 is 34.8 Å². The van der Waals surface area contributed by atoms with E-state index in [-0.39, 0.29) is 5.97 Å². The molecular formula is C27H24O2Si. The summed E-state index contributed by atoms with van der Waals surface area (Å²) >= 11 is 0. The predicted octanol–water partition coefficient (Wildman–Crippen LogP) is 3.24. The Bertz CT molecular complexity index is 995. The summed E-state index contributed by atoms with van der Waals surface area (Å²) in [7, 11) is -2.53. The average Bonchev–Trinajstić information content (AvgIpc) is 2.82. The van der Waals surface area contributed by atoms with Gasteiger partial charge in [-0.3, -0.25) is 0 Å². The molecule has 4 rings (SSSR count). The molecule has 30 heavy (non-hydrogen) atoms. The normalized spacial score (nSPS) is 11.1. The minimum atomic E-state index is -2.53. The van der Waals surface area contributed by atoms with Crippen molar-refractivity contribution in [1.82, 2.24) is 0 Å². The van der Waals surface area contributed by atoms with Crippen molar-refractivity contribution in [2.24, 2.45) is 0 Å². The van der Waals surface area contributed by atoms with Gasteiger partial charge < -0.3 is 4.74 Å². The summed E-state index contributed by atoms with van der Waals surface area (Å²) in [4.78, 5) is 12.2. The molecule has 3 heteroatoms. The standard InChI is InChI=1S/C27H24O2Si/c1-2-29-27(28)22-18-20-26(21-19-22)30(23-12-6-3-7-13-23,24-14-8-4-9-15-24)25-16-10-5-11-17-25/h3-21H,2H2,1H3. The van der Waals surface area contributed by atoms with Gasteiger partial charge in [-0.2, -0.15) is 0 Å². The molecule has 0 unspecified atom stereocenters. The quantitative estimate of drug-likeness (QED) is 0.278. The molecule has 0 aliphatic rings. The average molecular weight is 409 g/mol. The molecule has 0 atom stereocenters.